The van der Waals surface area contributed by atoms with Crippen molar-refractivity contribution >= 4 is 5.97 Å². The second-order valence-electron chi connectivity index (χ2n) is 4.35. The molecule has 1 heterocycles. The Morgan fingerprint density at radius 1 is 1.67 bits per heavy atom. The van der Waals surface area contributed by atoms with Crippen molar-refractivity contribution in [2.75, 3.05) is 19.8 Å². The molecule has 88 valence electrons. The first-order chi connectivity index (χ1) is 7.12. The molecular weight excluding hydrogens is 194 g/mol. The molecular formula is C11H21NO3. The van der Waals surface area contributed by atoms with Crippen LogP contribution in [0.1, 0.15) is 33.1 Å². The Morgan fingerprint density at radius 2 is 2.40 bits per heavy atom. The summed E-state index contributed by atoms with van der Waals surface area (Å²) in [5, 5.41) is 0. The van der Waals surface area contributed by atoms with Crippen LogP contribution in [0.15, 0.2) is 0 Å². The number of hydrogen-bond donors (Lipinski definition) is 1. The van der Waals surface area contributed by atoms with Crippen molar-refractivity contribution in [2.45, 2.75) is 39.2 Å². The molecule has 0 aromatic heterocycles. The average molecular weight is 215 g/mol. The van der Waals surface area contributed by atoms with Gasteiger partial charge in [0, 0.05) is 13.2 Å². The van der Waals surface area contributed by atoms with Gasteiger partial charge in [-0.25, -0.2) is 0 Å². The van der Waals surface area contributed by atoms with Gasteiger partial charge in [-0.3, -0.25) is 4.79 Å². The van der Waals surface area contributed by atoms with Crippen molar-refractivity contribution in [3.63, 3.8) is 0 Å². The fourth-order valence-corrected chi connectivity index (χ4v) is 1.49. The van der Waals surface area contributed by atoms with Crippen molar-refractivity contribution in [1.82, 2.24) is 0 Å². The highest BCUT2D eigenvalue weighted by Gasteiger charge is 2.32. The van der Waals surface area contributed by atoms with Gasteiger partial charge in [-0.05, 0) is 26.2 Å². The number of esters is 1. The molecule has 0 aromatic carbocycles. The van der Waals surface area contributed by atoms with Crippen LogP contribution >= 0.6 is 0 Å². The van der Waals surface area contributed by atoms with Gasteiger partial charge in [0.2, 0.25) is 0 Å². The van der Waals surface area contributed by atoms with Gasteiger partial charge in [0.25, 0.3) is 0 Å². The lowest BCUT2D eigenvalue weighted by molar-refractivity contribution is -0.157. The summed E-state index contributed by atoms with van der Waals surface area (Å²) >= 11 is 0. The Bertz CT molecular complexity index is 208. The zero-order valence-corrected chi connectivity index (χ0v) is 9.62. The third-order valence-corrected chi connectivity index (χ3v) is 3.15. The minimum Gasteiger partial charge on any atom is -0.462 e. The average Bonchev–Trinajstić information content (AvgIpc) is 2.77. The summed E-state index contributed by atoms with van der Waals surface area (Å²) in [6.07, 6.45) is 2.84. The molecule has 4 nitrogen and oxygen atoms in total. The summed E-state index contributed by atoms with van der Waals surface area (Å²) in [7, 11) is 0. The molecule has 2 atom stereocenters. The lowest BCUT2D eigenvalue weighted by Gasteiger charge is -2.24. The van der Waals surface area contributed by atoms with E-state index in [1.165, 1.54) is 0 Å². The first-order valence-corrected chi connectivity index (χ1v) is 5.61. The highest BCUT2D eigenvalue weighted by atomic mass is 16.6. The molecule has 0 radical (unpaired) electrons. The minimum atomic E-state index is -0.543. The van der Waals surface area contributed by atoms with Crippen LogP contribution in [0, 0.1) is 5.41 Å². The Labute approximate surface area is 91.1 Å². The normalized spacial score (nSPS) is 24.9. The van der Waals surface area contributed by atoms with Crippen LogP contribution in [0.5, 0.6) is 0 Å². The van der Waals surface area contributed by atoms with Crippen LogP contribution in [0.2, 0.25) is 0 Å². The molecule has 1 rings (SSSR count). The van der Waals surface area contributed by atoms with E-state index in [0.717, 1.165) is 19.4 Å². The predicted molar refractivity (Wildman–Crippen MR) is 57.4 cm³/mol. The smallest absolute Gasteiger partial charge is 0.313 e. The Balaban J connectivity index is 2.33. The predicted octanol–water partition coefficient (Wildman–Crippen LogP) is 1.08. The van der Waals surface area contributed by atoms with Crippen molar-refractivity contribution in [2.24, 2.45) is 11.1 Å². The molecule has 0 bridgehead atoms. The zero-order valence-electron chi connectivity index (χ0n) is 9.62. The lowest BCUT2D eigenvalue weighted by atomic mass is 9.88. The van der Waals surface area contributed by atoms with Gasteiger partial charge in [-0.1, -0.05) is 6.92 Å². The van der Waals surface area contributed by atoms with E-state index < -0.39 is 5.41 Å². The molecule has 0 spiro atoms. The van der Waals surface area contributed by atoms with E-state index in [4.69, 9.17) is 15.2 Å². The maximum Gasteiger partial charge on any atom is 0.313 e. The first-order valence-electron chi connectivity index (χ1n) is 5.61. The quantitative estimate of drug-likeness (QED) is 0.697. The standard InChI is InChI=1S/C11H21NO3/c1-3-11(2,8-12)10(13)15-7-9-5-4-6-14-9/h9H,3-8,12H2,1-2H3. The summed E-state index contributed by atoms with van der Waals surface area (Å²) in [5.41, 5.74) is 5.03. The maximum absolute atomic E-state index is 11.7. The fourth-order valence-electron chi connectivity index (χ4n) is 1.49. The Hall–Kier alpha value is -0.610. The molecule has 1 fully saturated rings. The Kier molecular flexibility index (Phi) is 4.54. The van der Waals surface area contributed by atoms with Gasteiger partial charge >= 0.3 is 5.97 Å². The van der Waals surface area contributed by atoms with Crippen molar-refractivity contribution in [3.8, 4) is 0 Å². The number of carbonyl (C=O) groups excluding carboxylic acids is 1. The number of hydrogen-bond acceptors (Lipinski definition) is 4. The molecule has 0 saturated carbocycles. The fraction of sp³-hybridized carbons (Fsp3) is 0.909. The van der Waals surface area contributed by atoms with Crippen molar-refractivity contribution in [3.05, 3.63) is 0 Å². The molecule has 2 unspecified atom stereocenters. The van der Waals surface area contributed by atoms with E-state index in [1.807, 2.05) is 13.8 Å². The third kappa shape index (κ3) is 3.18. The van der Waals surface area contributed by atoms with Gasteiger partial charge in [0.05, 0.1) is 11.5 Å². The van der Waals surface area contributed by atoms with Crippen LogP contribution in [0.25, 0.3) is 0 Å². The van der Waals surface area contributed by atoms with Gasteiger partial charge < -0.3 is 15.2 Å². The third-order valence-electron chi connectivity index (χ3n) is 3.15. The Morgan fingerprint density at radius 3 is 2.87 bits per heavy atom. The number of ether oxygens (including phenoxy) is 2. The second kappa shape index (κ2) is 5.47. The van der Waals surface area contributed by atoms with E-state index in [9.17, 15) is 4.79 Å². The van der Waals surface area contributed by atoms with E-state index in [2.05, 4.69) is 0 Å². The summed E-state index contributed by atoms with van der Waals surface area (Å²) in [6, 6.07) is 0. The lowest BCUT2D eigenvalue weighted by Crippen LogP contribution is -2.37. The number of carbonyl (C=O) groups is 1. The molecule has 0 amide bonds. The van der Waals surface area contributed by atoms with Crippen LogP contribution in [0.4, 0.5) is 0 Å². The molecule has 15 heavy (non-hydrogen) atoms. The molecule has 1 saturated heterocycles. The largest absolute Gasteiger partial charge is 0.462 e. The number of nitrogens with two attached hydrogens (primary N) is 1. The van der Waals surface area contributed by atoms with Crippen LogP contribution in [-0.2, 0) is 14.3 Å². The molecule has 1 aliphatic rings. The van der Waals surface area contributed by atoms with Gasteiger partial charge in [0.1, 0.15) is 6.61 Å². The summed E-state index contributed by atoms with van der Waals surface area (Å²) in [4.78, 5) is 11.7. The number of rotatable bonds is 5. The molecule has 0 aromatic rings. The van der Waals surface area contributed by atoms with E-state index in [-0.39, 0.29) is 12.1 Å². The highest BCUT2D eigenvalue weighted by molar-refractivity contribution is 5.76. The van der Waals surface area contributed by atoms with Gasteiger partial charge in [-0.15, -0.1) is 0 Å². The highest BCUT2D eigenvalue weighted by Crippen LogP contribution is 2.22. The molecule has 0 aliphatic carbocycles. The summed E-state index contributed by atoms with van der Waals surface area (Å²) in [5.74, 6) is -0.206. The van der Waals surface area contributed by atoms with E-state index in [1.54, 1.807) is 0 Å². The maximum atomic E-state index is 11.7. The van der Waals surface area contributed by atoms with Gasteiger partial charge in [0.15, 0.2) is 0 Å². The van der Waals surface area contributed by atoms with Crippen LogP contribution in [0.3, 0.4) is 0 Å². The molecule has 4 heteroatoms. The van der Waals surface area contributed by atoms with E-state index >= 15 is 0 Å². The SMILES string of the molecule is CCC(C)(CN)C(=O)OCC1CCCO1. The summed E-state index contributed by atoms with van der Waals surface area (Å²) in [6.45, 7) is 5.26. The topological polar surface area (TPSA) is 61.6 Å². The van der Waals surface area contributed by atoms with Crippen LogP contribution < -0.4 is 5.73 Å². The van der Waals surface area contributed by atoms with Crippen molar-refractivity contribution in [1.29, 1.82) is 0 Å². The summed E-state index contributed by atoms with van der Waals surface area (Å²) < 4.78 is 10.6. The van der Waals surface area contributed by atoms with Gasteiger partial charge in [-0.2, -0.15) is 0 Å². The van der Waals surface area contributed by atoms with Crippen LogP contribution in [-0.4, -0.2) is 31.8 Å². The van der Waals surface area contributed by atoms with Crippen molar-refractivity contribution < 1.29 is 14.3 Å². The molecule has 2 N–H and O–H groups in total. The minimum absolute atomic E-state index is 0.0906. The zero-order chi connectivity index (χ0) is 11.3. The molecule has 1 aliphatic heterocycles. The van der Waals surface area contributed by atoms with E-state index in [0.29, 0.717) is 19.6 Å². The monoisotopic (exact) mass is 215 g/mol. The second-order valence-corrected chi connectivity index (χ2v) is 4.35. The first kappa shape index (κ1) is 12.5.